The van der Waals surface area contributed by atoms with Gasteiger partial charge in [-0.3, -0.25) is 0 Å². The van der Waals surface area contributed by atoms with E-state index in [2.05, 4.69) is 32.4 Å². The van der Waals surface area contributed by atoms with Crippen LogP contribution in [-0.4, -0.2) is 21.5 Å². The summed E-state index contributed by atoms with van der Waals surface area (Å²) in [7, 11) is 0. The van der Waals surface area contributed by atoms with Crippen molar-refractivity contribution in [3.8, 4) is 5.75 Å². The maximum absolute atomic E-state index is 5.89. The van der Waals surface area contributed by atoms with E-state index in [0.29, 0.717) is 12.3 Å². The van der Waals surface area contributed by atoms with Crippen LogP contribution < -0.4 is 15.8 Å². The third-order valence-corrected chi connectivity index (χ3v) is 4.77. The first-order valence-corrected chi connectivity index (χ1v) is 9.55. The third-order valence-electron chi connectivity index (χ3n) is 4.13. The van der Waals surface area contributed by atoms with E-state index in [0.717, 1.165) is 41.1 Å². The van der Waals surface area contributed by atoms with Crippen molar-refractivity contribution in [2.75, 3.05) is 17.6 Å². The Morgan fingerprint density at radius 1 is 1.07 bits per heavy atom. The Hall–Kier alpha value is -3.19. The minimum absolute atomic E-state index is 0.486. The van der Waals surface area contributed by atoms with Crippen molar-refractivity contribution in [1.82, 2.24) is 15.0 Å². The fourth-order valence-corrected chi connectivity index (χ4v) is 3.34. The minimum Gasteiger partial charge on any atom is -0.487 e. The Morgan fingerprint density at radius 2 is 2.04 bits per heavy atom. The lowest BCUT2D eigenvalue weighted by molar-refractivity contribution is 0.302. The van der Waals surface area contributed by atoms with Gasteiger partial charge in [-0.05, 0) is 42.3 Å². The number of nitrogens with two attached hydrogens (primary N) is 1. The van der Waals surface area contributed by atoms with Gasteiger partial charge in [0.1, 0.15) is 24.5 Å². The Kier molecular flexibility index (Phi) is 5.11. The van der Waals surface area contributed by atoms with Crippen LogP contribution in [0.25, 0.3) is 10.9 Å². The highest BCUT2D eigenvalue weighted by Crippen LogP contribution is 2.22. The van der Waals surface area contributed by atoms with E-state index in [1.807, 2.05) is 41.2 Å². The predicted molar refractivity (Wildman–Crippen MR) is 109 cm³/mol. The molecule has 0 fully saturated rings. The molecule has 0 aliphatic carbocycles. The molecule has 2 aromatic heterocycles. The Bertz CT molecular complexity index is 1040. The van der Waals surface area contributed by atoms with Gasteiger partial charge in [0.15, 0.2) is 0 Å². The summed E-state index contributed by atoms with van der Waals surface area (Å²) in [5.41, 5.74) is 11.4. The first-order chi connectivity index (χ1) is 13.3. The van der Waals surface area contributed by atoms with Crippen molar-refractivity contribution in [3.63, 3.8) is 0 Å². The fourth-order valence-electron chi connectivity index (χ4n) is 2.80. The summed E-state index contributed by atoms with van der Waals surface area (Å²) >= 11 is 1.57. The number of nitrogens with zero attached hydrogens (tertiary/aromatic N) is 3. The highest BCUT2D eigenvalue weighted by molar-refractivity contribution is 7.07. The molecule has 4 rings (SSSR count). The maximum Gasteiger partial charge on any atom is 0.137 e. The van der Waals surface area contributed by atoms with Gasteiger partial charge in [0.05, 0.1) is 16.7 Å². The molecule has 2 aromatic carbocycles. The van der Waals surface area contributed by atoms with Crippen molar-refractivity contribution in [2.45, 2.75) is 13.0 Å². The molecule has 3 N–H and O–H groups in total. The van der Waals surface area contributed by atoms with Gasteiger partial charge in [0.25, 0.3) is 0 Å². The van der Waals surface area contributed by atoms with Crippen LogP contribution in [0.15, 0.2) is 59.7 Å². The average Bonchev–Trinajstić information content (AvgIpc) is 3.21. The molecule has 27 heavy (non-hydrogen) atoms. The third kappa shape index (κ3) is 4.32. The largest absolute Gasteiger partial charge is 0.487 e. The normalized spacial score (nSPS) is 10.8. The molecule has 0 radical (unpaired) electrons. The fraction of sp³-hybridized carbons (Fsp3) is 0.150. The molecule has 0 saturated heterocycles. The zero-order valence-corrected chi connectivity index (χ0v) is 15.4. The lowest BCUT2D eigenvalue weighted by Crippen LogP contribution is -2.07. The van der Waals surface area contributed by atoms with Gasteiger partial charge in [-0.25, -0.2) is 15.0 Å². The summed E-state index contributed by atoms with van der Waals surface area (Å²) in [6.07, 6.45) is 2.41. The molecule has 0 aliphatic heterocycles. The zero-order chi connectivity index (χ0) is 18.5. The van der Waals surface area contributed by atoms with Crippen molar-refractivity contribution in [1.29, 1.82) is 0 Å². The van der Waals surface area contributed by atoms with Gasteiger partial charge < -0.3 is 15.8 Å². The van der Waals surface area contributed by atoms with Crippen LogP contribution in [0.3, 0.4) is 0 Å². The summed E-state index contributed by atoms with van der Waals surface area (Å²) in [6, 6.07) is 13.8. The monoisotopic (exact) mass is 377 g/mol. The van der Waals surface area contributed by atoms with E-state index in [1.165, 1.54) is 5.56 Å². The van der Waals surface area contributed by atoms with E-state index in [9.17, 15) is 0 Å². The number of aromatic nitrogens is 3. The lowest BCUT2D eigenvalue weighted by Gasteiger charge is -2.10. The SMILES string of the molecule is Nc1ccc2ncnc(NCCc3cccc(OCc4cscn4)c3)c2c1. The lowest BCUT2D eigenvalue weighted by atomic mass is 10.1. The molecular formula is C20H19N5OS. The van der Waals surface area contributed by atoms with E-state index in [4.69, 9.17) is 10.5 Å². The van der Waals surface area contributed by atoms with Crippen molar-refractivity contribution in [2.24, 2.45) is 0 Å². The second-order valence-corrected chi connectivity index (χ2v) is 6.81. The number of hydrogen-bond acceptors (Lipinski definition) is 7. The molecule has 2 heterocycles. The molecule has 0 aliphatic rings. The molecule has 4 aromatic rings. The predicted octanol–water partition coefficient (Wildman–Crippen LogP) is 3.90. The van der Waals surface area contributed by atoms with Crippen LogP contribution in [0.1, 0.15) is 11.3 Å². The second-order valence-electron chi connectivity index (χ2n) is 6.09. The summed E-state index contributed by atoms with van der Waals surface area (Å²) in [6.45, 7) is 1.23. The second kappa shape index (κ2) is 8.01. The Balaban J connectivity index is 1.38. The zero-order valence-electron chi connectivity index (χ0n) is 14.6. The van der Waals surface area contributed by atoms with E-state index < -0.39 is 0 Å². The van der Waals surface area contributed by atoms with Gasteiger partial charge >= 0.3 is 0 Å². The first kappa shape index (κ1) is 17.2. The average molecular weight is 377 g/mol. The molecular weight excluding hydrogens is 358 g/mol. The Labute approximate surface area is 161 Å². The smallest absolute Gasteiger partial charge is 0.137 e. The first-order valence-electron chi connectivity index (χ1n) is 8.61. The molecule has 0 bridgehead atoms. The number of nitrogens with one attached hydrogen (secondary N) is 1. The number of benzene rings is 2. The van der Waals surface area contributed by atoms with Gasteiger partial charge in [0, 0.05) is 23.0 Å². The summed E-state index contributed by atoms with van der Waals surface area (Å²) in [4.78, 5) is 12.9. The molecule has 6 nitrogen and oxygen atoms in total. The highest BCUT2D eigenvalue weighted by atomic mass is 32.1. The van der Waals surface area contributed by atoms with Crippen LogP contribution in [-0.2, 0) is 13.0 Å². The quantitative estimate of drug-likeness (QED) is 0.475. The summed E-state index contributed by atoms with van der Waals surface area (Å²) < 4.78 is 5.82. The molecule has 0 amide bonds. The van der Waals surface area contributed by atoms with E-state index in [-0.39, 0.29) is 0 Å². The van der Waals surface area contributed by atoms with Crippen molar-refractivity contribution >= 4 is 33.7 Å². The molecule has 0 unspecified atom stereocenters. The minimum atomic E-state index is 0.486. The van der Waals surface area contributed by atoms with Gasteiger partial charge in [-0.2, -0.15) is 0 Å². The highest BCUT2D eigenvalue weighted by Gasteiger charge is 2.04. The summed E-state index contributed by atoms with van der Waals surface area (Å²) in [5.74, 6) is 1.64. The summed E-state index contributed by atoms with van der Waals surface area (Å²) in [5, 5.41) is 6.30. The number of thiazole rings is 1. The van der Waals surface area contributed by atoms with Gasteiger partial charge in [0.2, 0.25) is 0 Å². The van der Waals surface area contributed by atoms with Crippen molar-refractivity contribution < 1.29 is 4.74 Å². The number of nitrogen functional groups attached to an aromatic ring is 1. The molecule has 136 valence electrons. The van der Waals surface area contributed by atoms with Crippen LogP contribution in [0.4, 0.5) is 11.5 Å². The molecule has 0 spiro atoms. The van der Waals surface area contributed by atoms with E-state index in [1.54, 1.807) is 17.7 Å². The topological polar surface area (TPSA) is 86.0 Å². The van der Waals surface area contributed by atoms with E-state index >= 15 is 0 Å². The molecule has 0 saturated carbocycles. The van der Waals surface area contributed by atoms with Crippen LogP contribution in [0, 0.1) is 0 Å². The van der Waals surface area contributed by atoms with Crippen LogP contribution in [0.5, 0.6) is 5.75 Å². The number of hydrogen-bond donors (Lipinski definition) is 2. The number of rotatable bonds is 7. The maximum atomic E-state index is 5.89. The van der Waals surface area contributed by atoms with Crippen LogP contribution in [0.2, 0.25) is 0 Å². The number of anilines is 2. The standard InChI is InChI=1S/C20H19N5OS/c21-15-4-5-19-18(9-15)20(24-12-23-19)22-7-6-14-2-1-3-17(8-14)26-10-16-11-27-13-25-16/h1-5,8-9,11-13H,6-7,10,21H2,(H,22,23,24). The van der Waals surface area contributed by atoms with Crippen LogP contribution >= 0.6 is 11.3 Å². The van der Waals surface area contributed by atoms with Gasteiger partial charge in [-0.15, -0.1) is 11.3 Å². The number of ether oxygens (including phenoxy) is 1. The number of fused-ring (bicyclic) bond motifs is 1. The van der Waals surface area contributed by atoms with Crippen molar-refractivity contribution in [3.05, 3.63) is 70.9 Å². The molecule has 0 atom stereocenters. The molecule has 7 heteroatoms. The van der Waals surface area contributed by atoms with Gasteiger partial charge in [-0.1, -0.05) is 12.1 Å². The Morgan fingerprint density at radius 3 is 2.93 bits per heavy atom.